The van der Waals surface area contributed by atoms with Crippen LogP contribution in [0.25, 0.3) is 0 Å². The van der Waals surface area contributed by atoms with Crippen LogP contribution in [0.3, 0.4) is 0 Å². The van der Waals surface area contributed by atoms with Crippen LogP contribution >= 0.6 is 0 Å². The monoisotopic (exact) mass is 256 g/mol. The maximum atomic E-state index is 11.2. The summed E-state index contributed by atoms with van der Waals surface area (Å²) in [5.41, 5.74) is 0. The molecule has 0 saturated heterocycles. The summed E-state index contributed by atoms with van der Waals surface area (Å²) in [4.78, 5) is 22.4. The molecule has 0 aliphatic rings. The Morgan fingerprint density at radius 1 is 1.00 bits per heavy atom. The zero-order valence-electron chi connectivity index (χ0n) is 11.4. The Balaban J connectivity index is 3.40. The van der Waals surface area contributed by atoms with Crippen molar-refractivity contribution < 1.29 is 19.1 Å². The van der Waals surface area contributed by atoms with E-state index in [-0.39, 0.29) is 11.9 Å². The first-order chi connectivity index (χ1) is 8.70. The first-order valence-electron chi connectivity index (χ1n) is 6.70. The van der Waals surface area contributed by atoms with E-state index < -0.39 is 0 Å². The van der Waals surface area contributed by atoms with Crippen molar-refractivity contribution in [2.24, 2.45) is 0 Å². The minimum absolute atomic E-state index is 0.178. The molecule has 0 unspecified atom stereocenters. The minimum Gasteiger partial charge on any atom is -0.466 e. The molecule has 0 aromatic carbocycles. The average molecular weight is 256 g/mol. The number of esters is 2. The summed E-state index contributed by atoms with van der Waals surface area (Å²) in [5, 5.41) is 0. The molecule has 18 heavy (non-hydrogen) atoms. The third kappa shape index (κ3) is 11.2. The molecule has 0 bridgehead atoms. The van der Waals surface area contributed by atoms with E-state index in [1.165, 1.54) is 6.26 Å². The van der Waals surface area contributed by atoms with Crippen molar-refractivity contribution in [2.75, 3.05) is 6.61 Å². The molecule has 0 heterocycles. The fraction of sp³-hybridized carbons (Fsp3) is 0.714. The van der Waals surface area contributed by atoms with Gasteiger partial charge < -0.3 is 9.47 Å². The van der Waals surface area contributed by atoms with Gasteiger partial charge in [-0.2, -0.15) is 0 Å². The van der Waals surface area contributed by atoms with E-state index in [0.717, 1.165) is 19.3 Å². The van der Waals surface area contributed by atoms with Gasteiger partial charge in [0.15, 0.2) is 0 Å². The standard InChI is InChI=1S/C14H24O4/c1-3-5-11-17-13(15)9-7-8-10-14(16)18-12-6-4-2/h5,11H,3-4,6-10,12H2,1-2H3/b11-5+. The highest BCUT2D eigenvalue weighted by Gasteiger charge is 2.04. The Bertz CT molecular complexity index is 259. The van der Waals surface area contributed by atoms with Crippen LogP contribution in [-0.2, 0) is 19.1 Å². The van der Waals surface area contributed by atoms with Crippen LogP contribution in [-0.4, -0.2) is 18.5 Å². The second-order valence-electron chi connectivity index (χ2n) is 4.05. The van der Waals surface area contributed by atoms with Crippen molar-refractivity contribution >= 4 is 11.9 Å². The van der Waals surface area contributed by atoms with Crippen LogP contribution < -0.4 is 0 Å². The van der Waals surface area contributed by atoms with Gasteiger partial charge in [-0.15, -0.1) is 0 Å². The van der Waals surface area contributed by atoms with Crippen LogP contribution in [0.5, 0.6) is 0 Å². The first kappa shape index (κ1) is 16.7. The number of hydrogen-bond acceptors (Lipinski definition) is 4. The molecule has 0 fully saturated rings. The first-order valence-corrected chi connectivity index (χ1v) is 6.70. The summed E-state index contributed by atoms with van der Waals surface area (Å²) in [6.45, 7) is 4.51. The van der Waals surface area contributed by atoms with Gasteiger partial charge in [0.2, 0.25) is 0 Å². The predicted molar refractivity (Wildman–Crippen MR) is 69.9 cm³/mol. The molecule has 0 aliphatic carbocycles. The van der Waals surface area contributed by atoms with Crippen molar-refractivity contribution in [3.63, 3.8) is 0 Å². The van der Waals surface area contributed by atoms with E-state index in [9.17, 15) is 9.59 Å². The number of unbranched alkanes of at least 4 members (excludes halogenated alkanes) is 2. The van der Waals surface area contributed by atoms with Crippen LogP contribution in [0.4, 0.5) is 0 Å². The van der Waals surface area contributed by atoms with Gasteiger partial charge in [0, 0.05) is 12.8 Å². The van der Waals surface area contributed by atoms with E-state index >= 15 is 0 Å². The molecular weight excluding hydrogens is 232 g/mol. The highest BCUT2D eigenvalue weighted by Crippen LogP contribution is 2.03. The molecule has 0 amide bonds. The molecule has 4 nitrogen and oxygen atoms in total. The fourth-order valence-electron chi connectivity index (χ4n) is 1.22. The molecular formula is C14H24O4. The van der Waals surface area contributed by atoms with Gasteiger partial charge in [0.05, 0.1) is 12.9 Å². The largest absolute Gasteiger partial charge is 0.466 e. The van der Waals surface area contributed by atoms with Crippen LogP contribution in [0, 0.1) is 0 Å². The van der Waals surface area contributed by atoms with Gasteiger partial charge in [-0.3, -0.25) is 9.59 Å². The number of carbonyl (C=O) groups is 2. The summed E-state index contributed by atoms with van der Waals surface area (Å²) >= 11 is 0. The van der Waals surface area contributed by atoms with Crippen LogP contribution in [0.1, 0.15) is 58.8 Å². The lowest BCUT2D eigenvalue weighted by Gasteiger charge is -2.03. The van der Waals surface area contributed by atoms with Crippen molar-refractivity contribution in [3.05, 3.63) is 12.3 Å². The summed E-state index contributed by atoms with van der Waals surface area (Å²) < 4.78 is 9.84. The van der Waals surface area contributed by atoms with Gasteiger partial charge >= 0.3 is 11.9 Å². The van der Waals surface area contributed by atoms with Gasteiger partial charge in [-0.1, -0.05) is 20.3 Å². The molecule has 0 N–H and O–H groups in total. The van der Waals surface area contributed by atoms with Gasteiger partial charge in [0.1, 0.15) is 0 Å². The lowest BCUT2D eigenvalue weighted by Crippen LogP contribution is -2.06. The topological polar surface area (TPSA) is 52.6 Å². The van der Waals surface area contributed by atoms with E-state index in [1.54, 1.807) is 6.08 Å². The zero-order chi connectivity index (χ0) is 13.6. The number of ether oxygens (including phenoxy) is 2. The quantitative estimate of drug-likeness (QED) is 0.341. The lowest BCUT2D eigenvalue weighted by atomic mass is 10.2. The van der Waals surface area contributed by atoms with Crippen LogP contribution in [0.2, 0.25) is 0 Å². The molecule has 0 radical (unpaired) electrons. The maximum absolute atomic E-state index is 11.2. The Kier molecular flexibility index (Phi) is 11.3. The van der Waals surface area contributed by atoms with E-state index in [4.69, 9.17) is 9.47 Å². The molecule has 4 heteroatoms. The van der Waals surface area contributed by atoms with E-state index in [2.05, 4.69) is 0 Å². The molecule has 0 saturated carbocycles. The molecule has 0 rings (SSSR count). The van der Waals surface area contributed by atoms with Gasteiger partial charge in [-0.05, 0) is 31.8 Å². The summed E-state index contributed by atoms with van der Waals surface area (Å²) in [5.74, 6) is -0.429. The second kappa shape index (κ2) is 12.1. The fourth-order valence-corrected chi connectivity index (χ4v) is 1.22. The number of hydrogen-bond donors (Lipinski definition) is 0. The third-order valence-electron chi connectivity index (χ3n) is 2.30. The van der Waals surface area contributed by atoms with Crippen molar-refractivity contribution in [3.8, 4) is 0 Å². The SMILES string of the molecule is CC/C=C/OC(=O)CCCCC(=O)OCCCC. The molecule has 0 aromatic heterocycles. The Labute approximate surface area is 109 Å². The van der Waals surface area contributed by atoms with Crippen molar-refractivity contribution in [1.29, 1.82) is 0 Å². The Morgan fingerprint density at radius 3 is 2.28 bits per heavy atom. The van der Waals surface area contributed by atoms with Crippen LogP contribution in [0.15, 0.2) is 12.3 Å². The van der Waals surface area contributed by atoms with Gasteiger partial charge in [-0.25, -0.2) is 0 Å². The molecule has 0 aromatic rings. The average Bonchev–Trinajstić information content (AvgIpc) is 2.35. The highest BCUT2D eigenvalue weighted by atomic mass is 16.5. The predicted octanol–water partition coefficient (Wildman–Crippen LogP) is 3.36. The number of carbonyl (C=O) groups excluding carboxylic acids is 2. The Morgan fingerprint density at radius 2 is 1.67 bits per heavy atom. The third-order valence-corrected chi connectivity index (χ3v) is 2.30. The molecule has 0 aliphatic heterocycles. The number of rotatable bonds is 10. The lowest BCUT2D eigenvalue weighted by molar-refractivity contribution is -0.144. The molecule has 0 spiro atoms. The molecule has 104 valence electrons. The zero-order valence-corrected chi connectivity index (χ0v) is 11.4. The van der Waals surface area contributed by atoms with Crippen molar-refractivity contribution in [2.45, 2.75) is 58.8 Å². The van der Waals surface area contributed by atoms with E-state index in [1.807, 2.05) is 13.8 Å². The normalized spacial score (nSPS) is 10.6. The van der Waals surface area contributed by atoms with Gasteiger partial charge in [0.25, 0.3) is 0 Å². The van der Waals surface area contributed by atoms with Crippen molar-refractivity contribution in [1.82, 2.24) is 0 Å². The minimum atomic E-state index is -0.251. The summed E-state index contributed by atoms with van der Waals surface area (Å²) in [7, 11) is 0. The molecule has 0 atom stereocenters. The summed E-state index contributed by atoms with van der Waals surface area (Å²) in [6, 6.07) is 0. The summed E-state index contributed by atoms with van der Waals surface area (Å²) in [6.07, 6.45) is 8.00. The van der Waals surface area contributed by atoms with E-state index in [0.29, 0.717) is 32.3 Å². The smallest absolute Gasteiger partial charge is 0.310 e. The Hall–Kier alpha value is -1.32. The second-order valence-corrected chi connectivity index (χ2v) is 4.05. The maximum Gasteiger partial charge on any atom is 0.310 e. The number of allylic oxidation sites excluding steroid dienone is 1. The highest BCUT2D eigenvalue weighted by molar-refractivity contribution is 5.70.